The van der Waals surface area contributed by atoms with Crippen molar-refractivity contribution in [3.05, 3.63) is 0 Å². The first-order chi connectivity index (χ1) is 13.6. The van der Waals surface area contributed by atoms with Crippen LogP contribution < -0.4 is 15.6 Å². The highest BCUT2D eigenvalue weighted by atomic mass is 32.2. The third-order valence-electron chi connectivity index (χ3n) is 6.56. The Bertz CT molecular complexity index is 787. The maximum atomic E-state index is 13.3. The SMILES string of the molecule is CCN1C(=O)N(CC2NNC(C)S2)C(=O)C2CC(S(=O)(=O)NC3(C)CC3)CCC21. The van der Waals surface area contributed by atoms with E-state index in [1.807, 2.05) is 20.8 Å². The Morgan fingerprint density at radius 3 is 2.55 bits per heavy atom. The lowest BCUT2D eigenvalue weighted by molar-refractivity contribution is -0.140. The molecule has 9 nitrogen and oxygen atoms in total. The average molecular weight is 446 g/mol. The van der Waals surface area contributed by atoms with E-state index in [4.69, 9.17) is 0 Å². The molecule has 2 saturated carbocycles. The van der Waals surface area contributed by atoms with Gasteiger partial charge in [-0.1, -0.05) is 0 Å². The second kappa shape index (κ2) is 7.67. The zero-order valence-corrected chi connectivity index (χ0v) is 18.8. The first-order valence-corrected chi connectivity index (χ1v) is 12.9. The minimum atomic E-state index is -3.49. The van der Waals surface area contributed by atoms with Crippen molar-refractivity contribution in [3.63, 3.8) is 0 Å². The molecule has 0 bridgehead atoms. The second-order valence-corrected chi connectivity index (χ2v) is 12.4. The number of hydrazine groups is 1. The number of amides is 3. The average Bonchev–Trinajstić information content (AvgIpc) is 3.23. The number of imide groups is 1. The Balaban J connectivity index is 1.51. The van der Waals surface area contributed by atoms with Crippen LogP contribution in [0.2, 0.25) is 0 Å². The number of hydrogen-bond acceptors (Lipinski definition) is 7. The highest BCUT2D eigenvalue weighted by molar-refractivity contribution is 8.00. The van der Waals surface area contributed by atoms with Gasteiger partial charge in [0.15, 0.2) is 0 Å². The second-order valence-electron chi connectivity index (χ2n) is 8.89. The molecule has 4 fully saturated rings. The summed E-state index contributed by atoms with van der Waals surface area (Å²) in [4.78, 5) is 29.4. The van der Waals surface area contributed by atoms with Crippen molar-refractivity contribution in [1.29, 1.82) is 0 Å². The van der Waals surface area contributed by atoms with Gasteiger partial charge in [0.2, 0.25) is 15.9 Å². The predicted molar refractivity (Wildman–Crippen MR) is 111 cm³/mol. The zero-order valence-electron chi connectivity index (χ0n) is 17.2. The molecule has 4 rings (SSSR count). The van der Waals surface area contributed by atoms with Gasteiger partial charge in [-0.3, -0.25) is 9.69 Å². The van der Waals surface area contributed by atoms with Gasteiger partial charge in [0.1, 0.15) is 0 Å². The van der Waals surface area contributed by atoms with Gasteiger partial charge >= 0.3 is 6.03 Å². The molecule has 3 amide bonds. The summed E-state index contributed by atoms with van der Waals surface area (Å²) in [5, 5.41) is -0.462. The molecule has 5 unspecified atom stereocenters. The Kier molecular flexibility index (Phi) is 5.65. The van der Waals surface area contributed by atoms with E-state index in [0.29, 0.717) is 19.4 Å². The highest BCUT2D eigenvalue weighted by Crippen LogP contribution is 2.40. The molecule has 164 valence electrons. The number of carbonyl (C=O) groups is 2. The highest BCUT2D eigenvalue weighted by Gasteiger charge is 2.52. The Morgan fingerprint density at radius 1 is 1.24 bits per heavy atom. The van der Waals surface area contributed by atoms with Crippen LogP contribution in [0.4, 0.5) is 4.79 Å². The third-order valence-corrected chi connectivity index (χ3v) is 9.76. The van der Waals surface area contributed by atoms with Crippen molar-refractivity contribution in [2.75, 3.05) is 13.1 Å². The molecule has 29 heavy (non-hydrogen) atoms. The molecule has 0 aromatic rings. The monoisotopic (exact) mass is 445 g/mol. The van der Waals surface area contributed by atoms with Crippen molar-refractivity contribution in [1.82, 2.24) is 25.4 Å². The van der Waals surface area contributed by atoms with Crippen LogP contribution >= 0.6 is 11.8 Å². The fraction of sp³-hybridized carbons (Fsp3) is 0.889. The van der Waals surface area contributed by atoms with Gasteiger partial charge in [-0.05, 0) is 52.9 Å². The molecule has 4 aliphatic rings. The molecule has 0 radical (unpaired) electrons. The van der Waals surface area contributed by atoms with E-state index in [1.54, 1.807) is 16.7 Å². The molecule has 2 aliphatic carbocycles. The third kappa shape index (κ3) is 4.16. The summed E-state index contributed by atoms with van der Waals surface area (Å²) in [6, 6.07) is -0.467. The zero-order chi connectivity index (χ0) is 21.0. The number of hydrogen-bond donors (Lipinski definition) is 3. The number of nitrogens with zero attached hydrogens (tertiary/aromatic N) is 2. The van der Waals surface area contributed by atoms with Gasteiger partial charge < -0.3 is 4.90 Å². The molecule has 2 heterocycles. The van der Waals surface area contributed by atoms with Crippen molar-refractivity contribution in [2.24, 2.45) is 5.92 Å². The number of sulfonamides is 1. The number of thioether (sulfide) groups is 1. The predicted octanol–water partition coefficient (Wildman–Crippen LogP) is 0.793. The Morgan fingerprint density at radius 2 is 1.97 bits per heavy atom. The molecule has 2 aliphatic heterocycles. The first kappa shape index (κ1) is 21.4. The molecular weight excluding hydrogens is 414 g/mol. The maximum Gasteiger partial charge on any atom is 0.327 e. The summed E-state index contributed by atoms with van der Waals surface area (Å²) < 4.78 is 28.6. The minimum Gasteiger partial charge on any atom is -0.321 e. The summed E-state index contributed by atoms with van der Waals surface area (Å²) in [5.74, 6) is -0.698. The van der Waals surface area contributed by atoms with Gasteiger partial charge in [-0.15, -0.1) is 11.8 Å². The van der Waals surface area contributed by atoms with Gasteiger partial charge in [-0.25, -0.2) is 28.8 Å². The van der Waals surface area contributed by atoms with Crippen molar-refractivity contribution in [3.8, 4) is 0 Å². The summed E-state index contributed by atoms with van der Waals surface area (Å²) in [5.41, 5.74) is 5.87. The molecule has 2 saturated heterocycles. The number of rotatable bonds is 6. The quantitative estimate of drug-likeness (QED) is 0.554. The lowest BCUT2D eigenvalue weighted by atomic mass is 9.81. The molecule has 0 aromatic carbocycles. The van der Waals surface area contributed by atoms with Crippen LogP contribution in [0.5, 0.6) is 0 Å². The molecule has 3 N–H and O–H groups in total. The first-order valence-electron chi connectivity index (χ1n) is 10.4. The smallest absolute Gasteiger partial charge is 0.321 e. The molecule has 5 atom stereocenters. The van der Waals surface area contributed by atoms with Crippen LogP contribution in [0.1, 0.15) is 52.9 Å². The van der Waals surface area contributed by atoms with Gasteiger partial charge in [0, 0.05) is 18.1 Å². The lowest BCUT2D eigenvalue weighted by Crippen LogP contribution is -2.65. The lowest BCUT2D eigenvalue weighted by Gasteiger charge is -2.48. The number of carbonyl (C=O) groups excluding carboxylic acids is 2. The van der Waals surface area contributed by atoms with Crippen LogP contribution in [0.3, 0.4) is 0 Å². The summed E-state index contributed by atoms with van der Waals surface area (Å²) in [6.45, 7) is 6.62. The molecule has 11 heteroatoms. The van der Waals surface area contributed by atoms with Crippen LogP contribution in [0.25, 0.3) is 0 Å². The van der Waals surface area contributed by atoms with E-state index in [1.165, 1.54) is 4.90 Å². The van der Waals surface area contributed by atoms with Crippen LogP contribution in [0.15, 0.2) is 0 Å². The van der Waals surface area contributed by atoms with Crippen LogP contribution in [-0.2, 0) is 14.8 Å². The number of fused-ring (bicyclic) bond motifs is 1. The Labute approximate surface area is 176 Å². The van der Waals surface area contributed by atoms with E-state index in [0.717, 1.165) is 12.8 Å². The number of urea groups is 1. The Hall–Kier alpha value is -0.880. The summed E-state index contributed by atoms with van der Waals surface area (Å²) in [7, 11) is -3.49. The number of nitrogens with one attached hydrogen (secondary N) is 3. The van der Waals surface area contributed by atoms with Crippen LogP contribution in [-0.4, -0.2) is 70.8 Å². The van der Waals surface area contributed by atoms with E-state index >= 15 is 0 Å². The van der Waals surface area contributed by atoms with Crippen molar-refractivity contribution >= 4 is 33.7 Å². The van der Waals surface area contributed by atoms with E-state index < -0.39 is 21.2 Å². The van der Waals surface area contributed by atoms with E-state index in [9.17, 15) is 18.0 Å². The van der Waals surface area contributed by atoms with E-state index in [2.05, 4.69) is 15.6 Å². The van der Waals surface area contributed by atoms with Crippen LogP contribution in [0, 0.1) is 5.92 Å². The van der Waals surface area contributed by atoms with Gasteiger partial charge in [0.25, 0.3) is 0 Å². The summed E-state index contributed by atoms with van der Waals surface area (Å²) in [6.07, 6.45) is 3.00. The normalized spacial score (nSPS) is 37.0. The largest absolute Gasteiger partial charge is 0.327 e. The van der Waals surface area contributed by atoms with E-state index in [-0.39, 0.29) is 47.2 Å². The molecule has 0 aromatic heterocycles. The minimum absolute atomic E-state index is 0.0761. The topological polar surface area (TPSA) is 111 Å². The molecule has 0 spiro atoms. The van der Waals surface area contributed by atoms with Gasteiger partial charge in [-0.2, -0.15) is 0 Å². The maximum absolute atomic E-state index is 13.3. The fourth-order valence-corrected chi connectivity index (χ4v) is 7.63. The fourth-order valence-electron chi connectivity index (χ4n) is 4.66. The van der Waals surface area contributed by atoms with Crippen molar-refractivity contribution < 1.29 is 18.0 Å². The molecular formula is C18H31N5O4S2. The summed E-state index contributed by atoms with van der Waals surface area (Å²) >= 11 is 1.63. The van der Waals surface area contributed by atoms with Gasteiger partial charge in [0.05, 0.1) is 28.5 Å². The van der Waals surface area contributed by atoms with Crippen molar-refractivity contribution in [2.45, 2.75) is 80.5 Å². The standard InChI is InChI=1S/C18H31N5O4S2/c1-4-22-14-6-5-12(29(26,27)21-18(3)7-8-18)9-13(14)16(24)23(17(22)25)10-15-20-19-11(2)28-15/h11-15,19-21H,4-10H2,1-3H3.